The van der Waals surface area contributed by atoms with E-state index in [4.69, 9.17) is 0 Å². The van der Waals surface area contributed by atoms with Gasteiger partial charge >= 0.3 is 5.97 Å². The van der Waals surface area contributed by atoms with Gasteiger partial charge in [0.2, 0.25) is 0 Å². The van der Waals surface area contributed by atoms with Gasteiger partial charge in [0, 0.05) is 24.1 Å². The summed E-state index contributed by atoms with van der Waals surface area (Å²) in [6.45, 7) is 0. The average Bonchev–Trinajstić information content (AvgIpc) is 2.31. The van der Waals surface area contributed by atoms with Crippen LogP contribution in [0, 0.1) is 11.6 Å². The lowest BCUT2D eigenvalue weighted by molar-refractivity contribution is -0.150. The van der Waals surface area contributed by atoms with Gasteiger partial charge in [-0.25, -0.2) is 13.6 Å². The summed E-state index contributed by atoms with van der Waals surface area (Å²) in [4.78, 5) is 10.9. The van der Waals surface area contributed by atoms with E-state index in [9.17, 15) is 18.7 Å². The molecule has 1 aromatic rings. The lowest BCUT2D eigenvalue weighted by Gasteiger charge is -2.11. The minimum Gasteiger partial charge on any atom is -0.497 e. The van der Waals surface area contributed by atoms with Gasteiger partial charge in [-0.3, -0.25) is 0 Å². The Labute approximate surface area is 96.8 Å². The van der Waals surface area contributed by atoms with Crippen molar-refractivity contribution in [3.63, 3.8) is 0 Å². The van der Waals surface area contributed by atoms with Gasteiger partial charge in [0.05, 0.1) is 14.2 Å². The summed E-state index contributed by atoms with van der Waals surface area (Å²) in [7, 11) is 2.35. The van der Waals surface area contributed by atoms with Gasteiger partial charge < -0.3 is 14.6 Å². The zero-order valence-corrected chi connectivity index (χ0v) is 9.37. The molecule has 1 unspecified atom stereocenters. The topological polar surface area (TPSA) is 55.8 Å². The van der Waals surface area contributed by atoms with Crippen molar-refractivity contribution in [2.45, 2.75) is 12.5 Å². The minimum absolute atomic E-state index is 0.0244. The van der Waals surface area contributed by atoms with Crippen LogP contribution in [0.5, 0.6) is 5.75 Å². The van der Waals surface area contributed by atoms with Crippen molar-refractivity contribution in [1.82, 2.24) is 0 Å². The van der Waals surface area contributed by atoms with Crippen molar-refractivity contribution in [1.29, 1.82) is 0 Å². The molecule has 0 radical (unpaired) electrons. The van der Waals surface area contributed by atoms with E-state index in [2.05, 4.69) is 9.47 Å². The van der Waals surface area contributed by atoms with Gasteiger partial charge in [-0.2, -0.15) is 0 Å². The van der Waals surface area contributed by atoms with Crippen molar-refractivity contribution >= 4 is 5.97 Å². The van der Waals surface area contributed by atoms with Crippen LogP contribution in [-0.2, 0) is 16.0 Å². The molecule has 1 N–H and O–H groups in total. The largest absolute Gasteiger partial charge is 0.497 e. The minimum atomic E-state index is -1.60. The molecule has 0 aliphatic rings. The smallest absolute Gasteiger partial charge is 0.335 e. The van der Waals surface area contributed by atoms with Crippen molar-refractivity contribution in [2.24, 2.45) is 0 Å². The van der Waals surface area contributed by atoms with Gasteiger partial charge in [0.25, 0.3) is 0 Å². The quantitative estimate of drug-likeness (QED) is 0.807. The molecule has 0 amide bonds. The van der Waals surface area contributed by atoms with E-state index < -0.39 is 30.1 Å². The van der Waals surface area contributed by atoms with Crippen LogP contribution in [0.3, 0.4) is 0 Å². The molecule has 6 heteroatoms. The molecule has 0 aliphatic heterocycles. The van der Waals surface area contributed by atoms with Crippen molar-refractivity contribution in [2.75, 3.05) is 14.2 Å². The molecule has 0 fully saturated rings. The maximum Gasteiger partial charge on any atom is 0.335 e. The number of hydrogen-bond donors (Lipinski definition) is 1. The van der Waals surface area contributed by atoms with Crippen LogP contribution in [0.1, 0.15) is 5.56 Å². The molecule has 0 spiro atoms. The Morgan fingerprint density at radius 2 is 1.88 bits per heavy atom. The van der Waals surface area contributed by atoms with Gasteiger partial charge in [0.15, 0.2) is 6.10 Å². The molecule has 1 aromatic carbocycles. The molecular weight excluding hydrogens is 234 g/mol. The number of ether oxygens (including phenoxy) is 2. The van der Waals surface area contributed by atoms with Crippen molar-refractivity contribution in [3.05, 3.63) is 29.3 Å². The predicted octanol–water partition coefficient (Wildman–Crippen LogP) is 1.05. The second-order valence-corrected chi connectivity index (χ2v) is 3.31. The number of carbonyl (C=O) groups is 1. The Morgan fingerprint density at radius 1 is 1.35 bits per heavy atom. The first-order valence-electron chi connectivity index (χ1n) is 4.77. The summed E-state index contributed by atoms with van der Waals surface area (Å²) in [5, 5.41) is 9.31. The third-order valence-corrected chi connectivity index (χ3v) is 2.22. The van der Waals surface area contributed by atoms with Crippen molar-refractivity contribution in [3.8, 4) is 5.75 Å². The molecule has 17 heavy (non-hydrogen) atoms. The first-order chi connectivity index (χ1) is 7.99. The molecule has 0 aromatic heterocycles. The zero-order valence-electron chi connectivity index (χ0n) is 9.37. The number of aliphatic hydroxyl groups excluding tert-OH is 1. The van der Waals surface area contributed by atoms with E-state index in [1.165, 1.54) is 7.11 Å². The Balaban J connectivity index is 2.95. The van der Waals surface area contributed by atoms with Crippen LogP contribution in [0.2, 0.25) is 0 Å². The lowest BCUT2D eigenvalue weighted by Crippen LogP contribution is -2.25. The number of aliphatic hydroxyl groups is 1. The Morgan fingerprint density at radius 3 is 2.29 bits per heavy atom. The lowest BCUT2D eigenvalue weighted by atomic mass is 10.1. The van der Waals surface area contributed by atoms with E-state index in [-0.39, 0.29) is 11.3 Å². The van der Waals surface area contributed by atoms with Gasteiger partial charge in [-0.15, -0.1) is 0 Å². The van der Waals surface area contributed by atoms with E-state index >= 15 is 0 Å². The number of methoxy groups -OCH3 is 2. The SMILES string of the molecule is COC(=O)C(O)Cc1c(F)cc(OC)cc1F. The van der Waals surface area contributed by atoms with Crippen LogP contribution in [0.15, 0.2) is 12.1 Å². The molecule has 0 aliphatic carbocycles. The van der Waals surface area contributed by atoms with Crippen LogP contribution < -0.4 is 4.74 Å². The zero-order chi connectivity index (χ0) is 13.0. The number of hydrogen-bond acceptors (Lipinski definition) is 4. The number of carbonyl (C=O) groups excluding carboxylic acids is 1. The Hall–Kier alpha value is -1.69. The third-order valence-electron chi connectivity index (χ3n) is 2.22. The number of halogens is 2. The van der Waals surface area contributed by atoms with Gasteiger partial charge in [0.1, 0.15) is 17.4 Å². The number of benzene rings is 1. The molecule has 0 saturated carbocycles. The van der Waals surface area contributed by atoms with Crippen LogP contribution in [0.25, 0.3) is 0 Å². The highest BCUT2D eigenvalue weighted by Crippen LogP contribution is 2.21. The third kappa shape index (κ3) is 3.13. The summed E-state index contributed by atoms with van der Waals surface area (Å²) in [5.74, 6) is -2.69. The van der Waals surface area contributed by atoms with Crippen LogP contribution in [0.4, 0.5) is 8.78 Å². The van der Waals surface area contributed by atoms with E-state index in [0.717, 1.165) is 19.2 Å². The molecule has 94 valence electrons. The predicted molar refractivity (Wildman–Crippen MR) is 54.6 cm³/mol. The maximum absolute atomic E-state index is 13.4. The summed E-state index contributed by atoms with van der Waals surface area (Å²) in [6.07, 6.45) is -2.09. The highest BCUT2D eigenvalue weighted by molar-refractivity contribution is 5.74. The molecule has 4 nitrogen and oxygen atoms in total. The summed E-state index contributed by atoms with van der Waals surface area (Å²) in [6, 6.07) is 1.95. The Kier molecular flexibility index (Phi) is 4.39. The van der Waals surface area contributed by atoms with Crippen LogP contribution in [-0.4, -0.2) is 31.4 Å². The van der Waals surface area contributed by atoms with Gasteiger partial charge in [-0.1, -0.05) is 0 Å². The second kappa shape index (κ2) is 5.58. The normalized spacial score (nSPS) is 12.1. The molecular formula is C11H12F2O4. The molecule has 0 saturated heterocycles. The fourth-order valence-electron chi connectivity index (χ4n) is 1.31. The first kappa shape index (κ1) is 13.4. The fourth-order valence-corrected chi connectivity index (χ4v) is 1.31. The summed E-state index contributed by atoms with van der Waals surface area (Å²) in [5.41, 5.74) is -0.385. The van der Waals surface area contributed by atoms with E-state index in [0.29, 0.717) is 0 Å². The molecule has 0 bridgehead atoms. The second-order valence-electron chi connectivity index (χ2n) is 3.31. The molecule has 0 heterocycles. The number of esters is 1. The fraction of sp³-hybridized carbons (Fsp3) is 0.364. The van der Waals surface area contributed by atoms with E-state index in [1.54, 1.807) is 0 Å². The highest BCUT2D eigenvalue weighted by Gasteiger charge is 2.21. The Bertz CT molecular complexity index is 397. The van der Waals surface area contributed by atoms with Gasteiger partial charge in [-0.05, 0) is 0 Å². The maximum atomic E-state index is 13.4. The van der Waals surface area contributed by atoms with Crippen molar-refractivity contribution < 1.29 is 28.2 Å². The summed E-state index contributed by atoms with van der Waals surface area (Å²) < 4.78 is 35.8. The van der Waals surface area contributed by atoms with E-state index in [1.807, 2.05) is 0 Å². The standard InChI is InChI=1S/C11H12F2O4/c1-16-6-3-8(12)7(9(13)4-6)5-10(14)11(15)17-2/h3-4,10,14H,5H2,1-2H3. The molecule has 1 rings (SSSR count). The summed E-state index contributed by atoms with van der Waals surface area (Å²) >= 11 is 0. The first-order valence-corrected chi connectivity index (χ1v) is 4.77. The molecule has 1 atom stereocenters. The number of rotatable bonds is 4. The highest BCUT2D eigenvalue weighted by atomic mass is 19.1. The monoisotopic (exact) mass is 246 g/mol. The average molecular weight is 246 g/mol. The van der Waals surface area contributed by atoms with Crippen LogP contribution >= 0.6 is 0 Å².